The van der Waals surface area contributed by atoms with E-state index in [1.807, 2.05) is 13.8 Å². The summed E-state index contributed by atoms with van der Waals surface area (Å²) < 4.78 is 19.2. The molecule has 2 aromatic rings. The average Bonchev–Trinajstić information content (AvgIpc) is 3.10. The number of rotatable bonds is 2. The molecule has 0 spiro atoms. The van der Waals surface area contributed by atoms with E-state index in [1.54, 1.807) is 4.57 Å². The Morgan fingerprint density at radius 3 is 2.91 bits per heavy atom. The molecule has 0 bridgehead atoms. The fraction of sp³-hybridized carbons (Fsp3) is 0.615. The van der Waals surface area contributed by atoms with Gasteiger partial charge < -0.3 is 24.3 Å². The van der Waals surface area contributed by atoms with E-state index >= 15 is 0 Å². The zero-order valence-electron chi connectivity index (χ0n) is 12.1. The molecule has 0 amide bonds. The molecule has 4 heterocycles. The maximum Gasteiger partial charge on any atom is 0.278 e. The zero-order chi connectivity index (χ0) is 15.5. The largest absolute Gasteiger partial charge is 0.394 e. The van der Waals surface area contributed by atoms with E-state index < -0.39 is 24.2 Å². The third kappa shape index (κ3) is 1.90. The predicted molar refractivity (Wildman–Crippen MR) is 73.0 cm³/mol. The minimum absolute atomic E-state index is 0.183. The third-order valence-corrected chi connectivity index (χ3v) is 3.94. The Kier molecular flexibility index (Phi) is 2.89. The van der Waals surface area contributed by atoms with E-state index in [0.717, 1.165) is 0 Å². The molecule has 2 N–H and O–H groups in total. The van der Waals surface area contributed by atoms with Crippen LogP contribution in [-0.4, -0.2) is 55.3 Å². The Balaban J connectivity index is 1.78. The van der Waals surface area contributed by atoms with Crippen molar-refractivity contribution < 1.29 is 19.3 Å². The Labute approximate surface area is 124 Å². The highest BCUT2D eigenvalue weighted by molar-refractivity contribution is 5.68. The van der Waals surface area contributed by atoms with E-state index in [0.29, 0.717) is 5.65 Å². The predicted octanol–water partition coefficient (Wildman–Crippen LogP) is -0.471. The molecule has 9 nitrogen and oxygen atoms in total. The topological polar surface area (TPSA) is 111 Å². The van der Waals surface area contributed by atoms with Crippen molar-refractivity contribution in [3.8, 4) is 0 Å². The molecule has 0 unspecified atom stereocenters. The minimum Gasteiger partial charge on any atom is -0.394 e. The van der Waals surface area contributed by atoms with Crippen LogP contribution in [0.3, 0.4) is 0 Å². The van der Waals surface area contributed by atoms with Crippen LogP contribution in [-0.2, 0) is 14.2 Å². The lowest BCUT2D eigenvalue weighted by atomic mass is 10.1. The summed E-state index contributed by atoms with van der Waals surface area (Å²) in [5.74, 6) is -0.758. The number of nitrogens with zero attached hydrogens (tertiary/aromatic N) is 3. The summed E-state index contributed by atoms with van der Waals surface area (Å²) in [5.41, 5.74) is 0.314. The van der Waals surface area contributed by atoms with E-state index in [4.69, 9.17) is 14.2 Å². The van der Waals surface area contributed by atoms with Crippen LogP contribution >= 0.6 is 0 Å². The van der Waals surface area contributed by atoms with Gasteiger partial charge in [-0.25, -0.2) is 9.97 Å². The van der Waals surface area contributed by atoms with Gasteiger partial charge in [-0.05, 0) is 13.8 Å². The fourth-order valence-corrected chi connectivity index (χ4v) is 3.08. The van der Waals surface area contributed by atoms with Crippen LogP contribution in [0.1, 0.15) is 20.1 Å². The molecule has 22 heavy (non-hydrogen) atoms. The number of fused-ring (bicyclic) bond motifs is 2. The minimum atomic E-state index is -0.758. The van der Waals surface area contributed by atoms with Crippen molar-refractivity contribution in [2.75, 3.05) is 6.61 Å². The summed E-state index contributed by atoms with van der Waals surface area (Å²) in [5, 5.41) is 9.50. The van der Waals surface area contributed by atoms with Crippen molar-refractivity contribution in [2.24, 2.45) is 0 Å². The van der Waals surface area contributed by atoms with Crippen molar-refractivity contribution in [3.63, 3.8) is 0 Å². The second-order valence-corrected chi connectivity index (χ2v) is 5.87. The summed E-state index contributed by atoms with van der Waals surface area (Å²) in [4.78, 5) is 22.5. The van der Waals surface area contributed by atoms with E-state index in [1.165, 1.54) is 12.7 Å². The molecule has 118 valence electrons. The van der Waals surface area contributed by atoms with Crippen molar-refractivity contribution in [1.29, 1.82) is 0 Å². The summed E-state index contributed by atoms with van der Waals surface area (Å²) >= 11 is 0. The van der Waals surface area contributed by atoms with Gasteiger partial charge >= 0.3 is 0 Å². The van der Waals surface area contributed by atoms with Gasteiger partial charge in [0.25, 0.3) is 5.56 Å². The molecule has 0 saturated carbocycles. The van der Waals surface area contributed by atoms with E-state index in [2.05, 4.69) is 15.0 Å². The first-order chi connectivity index (χ1) is 10.5. The first-order valence-electron chi connectivity index (χ1n) is 7.02. The molecule has 4 atom stereocenters. The molecule has 2 aromatic heterocycles. The van der Waals surface area contributed by atoms with Gasteiger partial charge in [-0.15, -0.1) is 0 Å². The number of aliphatic hydroxyl groups is 1. The SMILES string of the molecule is CC1(C)O[C@@H]2[C@H](O1)[C@H](CO)O[C@H]2n1cnc2c(=O)[nH]cnc21. The first-order valence-corrected chi connectivity index (χ1v) is 7.02. The van der Waals surface area contributed by atoms with Crippen LogP contribution < -0.4 is 5.56 Å². The second-order valence-electron chi connectivity index (χ2n) is 5.87. The van der Waals surface area contributed by atoms with Crippen molar-refractivity contribution >= 4 is 11.2 Å². The molecule has 0 radical (unpaired) electrons. The maximum absolute atomic E-state index is 11.8. The summed E-state index contributed by atoms with van der Waals surface area (Å²) in [6.45, 7) is 3.44. The number of aliphatic hydroxyl groups excluding tert-OH is 1. The Morgan fingerprint density at radius 2 is 2.14 bits per heavy atom. The summed E-state index contributed by atoms with van der Waals surface area (Å²) in [6.07, 6.45) is 0.937. The quantitative estimate of drug-likeness (QED) is 0.771. The average molecular weight is 308 g/mol. The van der Waals surface area contributed by atoms with E-state index in [-0.39, 0.29) is 23.8 Å². The highest BCUT2D eigenvalue weighted by atomic mass is 16.8. The van der Waals surface area contributed by atoms with Crippen molar-refractivity contribution in [1.82, 2.24) is 19.5 Å². The zero-order valence-corrected chi connectivity index (χ0v) is 12.1. The molecule has 2 aliphatic heterocycles. The van der Waals surface area contributed by atoms with Gasteiger partial charge in [0.1, 0.15) is 18.3 Å². The number of aromatic amines is 1. The van der Waals surface area contributed by atoms with Crippen molar-refractivity contribution in [3.05, 3.63) is 23.0 Å². The lowest BCUT2D eigenvalue weighted by Gasteiger charge is -2.24. The van der Waals surface area contributed by atoms with Crippen LogP contribution in [0.5, 0.6) is 0 Å². The highest BCUT2D eigenvalue weighted by Gasteiger charge is 2.55. The second kappa shape index (κ2) is 4.59. The van der Waals surface area contributed by atoms with Crippen molar-refractivity contribution in [2.45, 2.75) is 44.2 Å². The van der Waals surface area contributed by atoms with Crippen LogP contribution in [0.4, 0.5) is 0 Å². The molecular formula is C13H16N4O5. The smallest absolute Gasteiger partial charge is 0.278 e. The molecule has 2 aliphatic rings. The molecule has 2 saturated heterocycles. The standard InChI is InChI=1S/C13H16N4O5/c1-13(2)21-8-6(3-18)20-12(9(8)22-13)17-5-16-7-10(17)14-4-15-11(7)19/h4-6,8-9,12,18H,3H2,1-2H3,(H,14,15,19)/t6-,8+,9+,12+/m0/s1. The number of ether oxygens (including phenoxy) is 3. The number of hydrogen-bond donors (Lipinski definition) is 2. The highest BCUT2D eigenvalue weighted by Crippen LogP contribution is 2.43. The fourth-order valence-electron chi connectivity index (χ4n) is 3.08. The van der Waals surface area contributed by atoms with Gasteiger partial charge in [0.2, 0.25) is 0 Å². The third-order valence-electron chi connectivity index (χ3n) is 3.94. The van der Waals surface area contributed by atoms with Gasteiger partial charge in [-0.1, -0.05) is 0 Å². The maximum atomic E-state index is 11.8. The number of H-pyrrole nitrogens is 1. The monoisotopic (exact) mass is 308 g/mol. The van der Waals surface area contributed by atoms with Gasteiger partial charge in [0.05, 0.1) is 19.3 Å². The summed E-state index contributed by atoms with van der Waals surface area (Å²) in [6, 6.07) is 0. The van der Waals surface area contributed by atoms with Gasteiger partial charge in [-0.2, -0.15) is 0 Å². The van der Waals surface area contributed by atoms with Crippen LogP contribution in [0.2, 0.25) is 0 Å². The Morgan fingerprint density at radius 1 is 1.36 bits per heavy atom. The van der Waals surface area contributed by atoms with Gasteiger partial charge in [-0.3, -0.25) is 9.36 Å². The van der Waals surface area contributed by atoms with Gasteiger partial charge in [0.15, 0.2) is 23.2 Å². The van der Waals surface area contributed by atoms with Gasteiger partial charge in [0, 0.05) is 0 Å². The van der Waals surface area contributed by atoms with Crippen LogP contribution in [0.25, 0.3) is 11.2 Å². The number of aromatic nitrogens is 4. The lowest BCUT2D eigenvalue weighted by Crippen LogP contribution is -2.31. The lowest BCUT2D eigenvalue weighted by molar-refractivity contribution is -0.199. The molecule has 0 aromatic carbocycles. The number of imidazole rings is 1. The van der Waals surface area contributed by atoms with E-state index in [9.17, 15) is 9.90 Å². The Bertz CT molecular complexity index is 769. The molecular weight excluding hydrogens is 292 g/mol. The summed E-state index contributed by atoms with van der Waals surface area (Å²) in [7, 11) is 0. The first kappa shape index (κ1) is 13.8. The number of nitrogens with one attached hydrogen (secondary N) is 1. The molecule has 0 aliphatic carbocycles. The van der Waals surface area contributed by atoms with Crippen LogP contribution in [0, 0.1) is 0 Å². The molecule has 2 fully saturated rings. The molecule has 4 rings (SSSR count). The molecule has 9 heteroatoms. The normalized spacial score (nSPS) is 33.4. The van der Waals surface area contributed by atoms with Crippen LogP contribution in [0.15, 0.2) is 17.4 Å². The number of hydrogen-bond acceptors (Lipinski definition) is 7. The Hall–Kier alpha value is -1.81.